The van der Waals surface area contributed by atoms with E-state index in [4.69, 9.17) is 16.1 Å². The molecule has 0 aliphatic heterocycles. The Morgan fingerprint density at radius 2 is 1.93 bits per heavy atom. The molecule has 0 N–H and O–H groups in total. The molecule has 0 unspecified atom stereocenters. The van der Waals surface area contributed by atoms with Gasteiger partial charge in [-0.25, -0.2) is 0 Å². The Balaban J connectivity index is 1.53. The SMILES string of the molecule is CCCn1c(SCc2noc(-c3ccccc3Cl)n2)nnc1-c1ccncc1. The van der Waals surface area contributed by atoms with Gasteiger partial charge >= 0.3 is 0 Å². The van der Waals surface area contributed by atoms with E-state index in [2.05, 4.69) is 36.8 Å². The second kappa shape index (κ2) is 8.53. The van der Waals surface area contributed by atoms with E-state index in [0.717, 1.165) is 35.1 Å². The first-order chi connectivity index (χ1) is 13.8. The maximum atomic E-state index is 6.20. The average molecular weight is 413 g/mol. The molecule has 1 aromatic carbocycles. The van der Waals surface area contributed by atoms with Crippen LogP contribution in [0.1, 0.15) is 19.2 Å². The smallest absolute Gasteiger partial charge is 0.259 e. The van der Waals surface area contributed by atoms with Crippen molar-refractivity contribution in [3.63, 3.8) is 0 Å². The van der Waals surface area contributed by atoms with Gasteiger partial charge in [-0.3, -0.25) is 4.98 Å². The normalized spacial score (nSPS) is 11.1. The Labute approximate surface area is 171 Å². The quantitative estimate of drug-likeness (QED) is 0.405. The van der Waals surface area contributed by atoms with Crippen LogP contribution in [-0.4, -0.2) is 29.9 Å². The van der Waals surface area contributed by atoms with E-state index in [-0.39, 0.29) is 0 Å². The zero-order chi connectivity index (χ0) is 19.3. The number of halogens is 1. The Hall–Kier alpha value is -2.71. The van der Waals surface area contributed by atoms with Crippen LogP contribution in [0.15, 0.2) is 58.5 Å². The molecule has 0 saturated heterocycles. The molecule has 0 amide bonds. The Morgan fingerprint density at radius 3 is 2.71 bits per heavy atom. The lowest BCUT2D eigenvalue weighted by Crippen LogP contribution is -2.02. The molecule has 0 fully saturated rings. The fourth-order valence-electron chi connectivity index (χ4n) is 2.72. The van der Waals surface area contributed by atoms with E-state index < -0.39 is 0 Å². The average Bonchev–Trinajstić information content (AvgIpc) is 3.35. The lowest BCUT2D eigenvalue weighted by Gasteiger charge is -2.07. The van der Waals surface area contributed by atoms with Crippen molar-refractivity contribution in [2.75, 3.05) is 0 Å². The minimum absolute atomic E-state index is 0.411. The number of benzene rings is 1. The summed E-state index contributed by atoms with van der Waals surface area (Å²) in [4.78, 5) is 8.51. The van der Waals surface area contributed by atoms with Crippen molar-refractivity contribution in [1.29, 1.82) is 0 Å². The Morgan fingerprint density at radius 1 is 1.11 bits per heavy atom. The van der Waals surface area contributed by atoms with Gasteiger partial charge in [0.25, 0.3) is 5.89 Å². The minimum atomic E-state index is 0.411. The van der Waals surface area contributed by atoms with Gasteiger partial charge in [0.1, 0.15) is 0 Å². The highest BCUT2D eigenvalue weighted by molar-refractivity contribution is 7.98. The minimum Gasteiger partial charge on any atom is -0.334 e. The molecule has 142 valence electrons. The number of nitrogens with zero attached hydrogens (tertiary/aromatic N) is 6. The van der Waals surface area contributed by atoms with E-state index in [9.17, 15) is 0 Å². The number of hydrogen-bond acceptors (Lipinski definition) is 7. The number of thioether (sulfide) groups is 1. The summed E-state index contributed by atoms with van der Waals surface area (Å²) in [7, 11) is 0. The molecule has 3 heterocycles. The van der Waals surface area contributed by atoms with E-state index in [1.54, 1.807) is 18.5 Å². The van der Waals surface area contributed by atoms with Gasteiger partial charge < -0.3 is 9.09 Å². The lowest BCUT2D eigenvalue weighted by molar-refractivity contribution is 0.425. The molecule has 4 aromatic rings. The van der Waals surface area contributed by atoms with Crippen molar-refractivity contribution in [3.8, 4) is 22.8 Å². The van der Waals surface area contributed by atoms with Gasteiger partial charge in [-0.15, -0.1) is 10.2 Å². The molecule has 0 spiro atoms. The van der Waals surface area contributed by atoms with E-state index in [1.165, 1.54) is 11.8 Å². The van der Waals surface area contributed by atoms with Crippen LogP contribution in [-0.2, 0) is 12.3 Å². The molecule has 3 aromatic heterocycles. The summed E-state index contributed by atoms with van der Waals surface area (Å²) in [6, 6.07) is 11.3. The fourth-order valence-corrected chi connectivity index (χ4v) is 3.75. The molecule has 4 rings (SSSR count). The predicted molar refractivity (Wildman–Crippen MR) is 108 cm³/mol. The van der Waals surface area contributed by atoms with Crippen molar-refractivity contribution < 1.29 is 4.52 Å². The maximum absolute atomic E-state index is 6.20. The van der Waals surface area contributed by atoms with Gasteiger partial charge in [-0.05, 0) is 30.7 Å². The van der Waals surface area contributed by atoms with Gasteiger partial charge in [-0.1, -0.05) is 47.6 Å². The van der Waals surface area contributed by atoms with Crippen LogP contribution in [0, 0.1) is 0 Å². The number of aromatic nitrogens is 6. The van der Waals surface area contributed by atoms with E-state index in [0.29, 0.717) is 22.5 Å². The first kappa shape index (κ1) is 18.6. The van der Waals surface area contributed by atoms with Crippen molar-refractivity contribution in [1.82, 2.24) is 29.9 Å². The second-order valence-electron chi connectivity index (χ2n) is 5.98. The zero-order valence-electron chi connectivity index (χ0n) is 15.1. The molecular formula is C19H17ClN6OS. The van der Waals surface area contributed by atoms with Crippen molar-refractivity contribution in [2.45, 2.75) is 30.8 Å². The van der Waals surface area contributed by atoms with Crippen LogP contribution in [0.4, 0.5) is 0 Å². The van der Waals surface area contributed by atoms with Crippen molar-refractivity contribution in [2.24, 2.45) is 0 Å². The molecule has 0 radical (unpaired) electrons. The van der Waals surface area contributed by atoms with Gasteiger partial charge in [0.05, 0.1) is 16.3 Å². The monoisotopic (exact) mass is 412 g/mol. The van der Waals surface area contributed by atoms with Crippen LogP contribution >= 0.6 is 23.4 Å². The highest BCUT2D eigenvalue weighted by Gasteiger charge is 2.16. The van der Waals surface area contributed by atoms with Gasteiger partial charge in [0, 0.05) is 24.5 Å². The van der Waals surface area contributed by atoms with E-state index >= 15 is 0 Å². The number of hydrogen-bond donors (Lipinski definition) is 0. The molecule has 7 nitrogen and oxygen atoms in total. The molecule has 0 aliphatic rings. The largest absolute Gasteiger partial charge is 0.334 e. The molecular weight excluding hydrogens is 396 g/mol. The van der Waals surface area contributed by atoms with E-state index in [1.807, 2.05) is 30.3 Å². The van der Waals surface area contributed by atoms with Crippen LogP contribution in [0.25, 0.3) is 22.8 Å². The third kappa shape index (κ3) is 3.93. The Bertz CT molecular complexity index is 1070. The summed E-state index contributed by atoms with van der Waals surface area (Å²) in [6.45, 7) is 2.95. The summed E-state index contributed by atoms with van der Waals surface area (Å²) >= 11 is 7.72. The highest BCUT2D eigenvalue weighted by atomic mass is 35.5. The van der Waals surface area contributed by atoms with Gasteiger partial charge in [0.2, 0.25) is 0 Å². The highest BCUT2D eigenvalue weighted by Crippen LogP contribution is 2.29. The van der Waals surface area contributed by atoms with Crippen molar-refractivity contribution in [3.05, 3.63) is 59.6 Å². The van der Waals surface area contributed by atoms with Gasteiger partial charge in [-0.2, -0.15) is 4.98 Å². The van der Waals surface area contributed by atoms with Crippen LogP contribution in [0.2, 0.25) is 5.02 Å². The summed E-state index contributed by atoms with van der Waals surface area (Å²) in [6.07, 6.45) is 4.48. The molecule has 9 heteroatoms. The van der Waals surface area contributed by atoms with Crippen LogP contribution < -0.4 is 0 Å². The molecule has 0 atom stereocenters. The predicted octanol–water partition coefficient (Wildman–Crippen LogP) is 4.75. The number of pyridine rings is 1. The summed E-state index contributed by atoms with van der Waals surface area (Å²) in [5, 5.41) is 14.2. The summed E-state index contributed by atoms with van der Waals surface area (Å²) < 4.78 is 7.47. The summed E-state index contributed by atoms with van der Waals surface area (Å²) in [5.74, 6) is 2.34. The third-order valence-electron chi connectivity index (χ3n) is 4.01. The second-order valence-corrected chi connectivity index (χ2v) is 7.33. The summed E-state index contributed by atoms with van der Waals surface area (Å²) in [5.41, 5.74) is 1.71. The first-order valence-electron chi connectivity index (χ1n) is 8.80. The van der Waals surface area contributed by atoms with Crippen LogP contribution in [0.5, 0.6) is 0 Å². The standard InChI is InChI=1S/C19H17ClN6OS/c1-2-11-26-17(13-7-9-21-10-8-13)23-24-19(26)28-12-16-22-18(27-25-16)14-5-3-4-6-15(14)20/h3-10H,2,11-12H2,1H3. The topological polar surface area (TPSA) is 82.5 Å². The van der Waals surface area contributed by atoms with Gasteiger partial charge in [0.15, 0.2) is 16.8 Å². The third-order valence-corrected chi connectivity index (χ3v) is 5.30. The number of rotatable bonds is 7. The molecule has 0 aliphatic carbocycles. The maximum Gasteiger partial charge on any atom is 0.259 e. The first-order valence-corrected chi connectivity index (χ1v) is 10.2. The molecule has 0 saturated carbocycles. The fraction of sp³-hybridized carbons (Fsp3) is 0.211. The van der Waals surface area contributed by atoms with Crippen molar-refractivity contribution >= 4 is 23.4 Å². The lowest BCUT2D eigenvalue weighted by atomic mass is 10.2. The molecule has 28 heavy (non-hydrogen) atoms. The zero-order valence-corrected chi connectivity index (χ0v) is 16.7. The molecule has 0 bridgehead atoms. The Kier molecular flexibility index (Phi) is 5.68. The van der Waals surface area contributed by atoms with Crippen LogP contribution in [0.3, 0.4) is 0 Å².